The number of amides is 1. The van der Waals surface area contributed by atoms with E-state index >= 15 is 0 Å². The van der Waals surface area contributed by atoms with Crippen LogP contribution in [0.2, 0.25) is 0 Å². The van der Waals surface area contributed by atoms with Gasteiger partial charge in [-0.3, -0.25) is 10.2 Å². The maximum absolute atomic E-state index is 11.6. The lowest BCUT2D eigenvalue weighted by Crippen LogP contribution is -2.52. The topological polar surface area (TPSA) is 48.7 Å². The van der Waals surface area contributed by atoms with Crippen LogP contribution in [-0.4, -0.2) is 49.0 Å². The third-order valence-electron chi connectivity index (χ3n) is 2.51. The van der Waals surface area contributed by atoms with Crippen LogP contribution >= 0.6 is 0 Å². The van der Waals surface area contributed by atoms with Gasteiger partial charge in [0, 0.05) is 26.2 Å². The number of carbonyl (C=O) groups is 1. The van der Waals surface area contributed by atoms with Gasteiger partial charge in [-0.05, 0) is 19.2 Å². The number of hydrogen-bond donors (Lipinski definition) is 1. The Balaban J connectivity index is 1.85. The summed E-state index contributed by atoms with van der Waals surface area (Å²) in [6.45, 7) is 3.64. The van der Waals surface area contributed by atoms with E-state index < -0.39 is 0 Å². The van der Waals surface area contributed by atoms with Crippen molar-refractivity contribution >= 4 is 5.91 Å². The van der Waals surface area contributed by atoms with Crippen molar-refractivity contribution in [3.05, 3.63) is 24.2 Å². The second-order valence-electron chi connectivity index (χ2n) is 3.71. The highest BCUT2D eigenvalue weighted by molar-refractivity contribution is 5.90. The van der Waals surface area contributed by atoms with Crippen molar-refractivity contribution < 1.29 is 9.21 Å². The van der Waals surface area contributed by atoms with Gasteiger partial charge in [0.15, 0.2) is 5.76 Å². The first-order chi connectivity index (χ1) is 7.25. The highest BCUT2D eigenvalue weighted by atomic mass is 16.3. The van der Waals surface area contributed by atoms with Crippen LogP contribution < -0.4 is 5.43 Å². The monoisotopic (exact) mass is 209 g/mol. The molecule has 5 heteroatoms. The Labute approximate surface area is 88.6 Å². The zero-order chi connectivity index (χ0) is 10.7. The molecule has 0 bridgehead atoms. The van der Waals surface area contributed by atoms with Gasteiger partial charge in [0.2, 0.25) is 0 Å². The van der Waals surface area contributed by atoms with E-state index in [0.29, 0.717) is 5.76 Å². The highest BCUT2D eigenvalue weighted by Crippen LogP contribution is 2.01. The number of hydrogen-bond acceptors (Lipinski definition) is 4. The van der Waals surface area contributed by atoms with E-state index in [1.54, 1.807) is 12.1 Å². The number of nitrogens with zero attached hydrogens (tertiary/aromatic N) is 2. The van der Waals surface area contributed by atoms with Gasteiger partial charge >= 0.3 is 5.91 Å². The fourth-order valence-electron chi connectivity index (χ4n) is 1.52. The zero-order valence-corrected chi connectivity index (χ0v) is 8.77. The molecular weight excluding hydrogens is 194 g/mol. The summed E-state index contributed by atoms with van der Waals surface area (Å²) in [7, 11) is 2.08. The first kappa shape index (κ1) is 10.2. The molecule has 1 aromatic heterocycles. The molecule has 0 aromatic carbocycles. The quantitative estimate of drug-likeness (QED) is 0.754. The molecule has 15 heavy (non-hydrogen) atoms. The van der Waals surface area contributed by atoms with Crippen molar-refractivity contribution in [3.8, 4) is 0 Å². The molecule has 82 valence electrons. The second-order valence-corrected chi connectivity index (χ2v) is 3.71. The lowest BCUT2D eigenvalue weighted by molar-refractivity contribution is 0.0637. The minimum atomic E-state index is -0.176. The van der Waals surface area contributed by atoms with E-state index in [4.69, 9.17) is 4.42 Å². The molecule has 1 saturated heterocycles. The summed E-state index contributed by atoms with van der Waals surface area (Å²) >= 11 is 0. The van der Waals surface area contributed by atoms with E-state index in [1.807, 2.05) is 5.01 Å². The average molecular weight is 209 g/mol. The van der Waals surface area contributed by atoms with Crippen molar-refractivity contribution in [2.45, 2.75) is 0 Å². The zero-order valence-electron chi connectivity index (χ0n) is 8.77. The molecule has 0 unspecified atom stereocenters. The van der Waals surface area contributed by atoms with E-state index in [1.165, 1.54) is 6.26 Å². The number of likely N-dealkylation sites (N-methyl/N-ethyl adjacent to an activating group) is 1. The van der Waals surface area contributed by atoms with Gasteiger partial charge in [-0.15, -0.1) is 0 Å². The third kappa shape index (κ3) is 2.57. The summed E-state index contributed by atoms with van der Waals surface area (Å²) in [5.74, 6) is 0.179. The summed E-state index contributed by atoms with van der Waals surface area (Å²) in [6.07, 6.45) is 1.50. The van der Waals surface area contributed by atoms with Crippen molar-refractivity contribution in [3.63, 3.8) is 0 Å². The Kier molecular flexibility index (Phi) is 3.03. The van der Waals surface area contributed by atoms with Crippen molar-refractivity contribution in [1.29, 1.82) is 0 Å². The van der Waals surface area contributed by atoms with Crippen LogP contribution in [0.15, 0.2) is 22.8 Å². The lowest BCUT2D eigenvalue weighted by Gasteiger charge is -2.32. The Bertz CT molecular complexity index is 315. The minimum absolute atomic E-state index is 0.176. The molecule has 0 saturated carbocycles. The van der Waals surface area contributed by atoms with Gasteiger partial charge in [0.25, 0.3) is 0 Å². The fraction of sp³-hybridized carbons (Fsp3) is 0.500. The van der Waals surface area contributed by atoms with Crippen LogP contribution in [0.25, 0.3) is 0 Å². The molecule has 1 aromatic rings. The lowest BCUT2D eigenvalue weighted by atomic mass is 10.4. The van der Waals surface area contributed by atoms with Crippen LogP contribution in [0.4, 0.5) is 0 Å². The van der Waals surface area contributed by atoms with Crippen LogP contribution in [-0.2, 0) is 0 Å². The highest BCUT2D eigenvalue weighted by Gasteiger charge is 2.17. The largest absolute Gasteiger partial charge is 0.459 e. The minimum Gasteiger partial charge on any atom is -0.459 e. The summed E-state index contributed by atoms with van der Waals surface area (Å²) in [4.78, 5) is 13.8. The van der Waals surface area contributed by atoms with Crippen molar-refractivity contribution in [1.82, 2.24) is 15.3 Å². The first-order valence-corrected chi connectivity index (χ1v) is 5.04. The summed E-state index contributed by atoms with van der Waals surface area (Å²) < 4.78 is 5.01. The number of hydrazine groups is 1. The molecule has 1 aliphatic heterocycles. The number of furan rings is 1. The summed E-state index contributed by atoms with van der Waals surface area (Å²) in [6, 6.07) is 3.37. The van der Waals surface area contributed by atoms with Crippen LogP contribution in [0.5, 0.6) is 0 Å². The summed E-state index contributed by atoms with van der Waals surface area (Å²) in [5.41, 5.74) is 2.82. The number of carbonyl (C=O) groups excluding carboxylic acids is 1. The average Bonchev–Trinajstić information content (AvgIpc) is 2.74. The van der Waals surface area contributed by atoms with Gasteiger partial charge < -0.3 is 9.32 Å². The standard InChI is InChI=1S/C10H15N3O2/c1-12-4-6-13(7-5-12)11-10(14)9-3-2-8-15-9/h2-3,8H,4-7H2,1H3,(H,11,14). The molecule has 0 atom stereocenters. The van der Waals surface area contributed by atoms with E-state index in [0.717, 1.165) is 26.2 Å². The number of piperazine rings is 1. The molecule has 0 radical (unpaired) electrons. The predicted octanol–water partition coefficient (Wildman–Crippen LogP) is 0.172. The van der Waals surface area contributed by atoms with Crippen molar-refractivity contribution in [2.24, 2.45) is 0 Å². The maximum Gasteiger partial charge on any atom is 0.301 e. The molecule has 2 heterocycles. The second kappa shape index (κ2) is 4.46. The third-order valence-corrected chi connectivity index (χ3v) is 2.51. The number of rotatable bonds is 2. The van der Waals surface area contributed by atoms with E-state index in [2.05, 4.69) is 17.4 Å². The molecule has 1 N–H and O–H groups in total. The first-order valence-electron chi connectivity index (χ1n) is 5.04. The predicted molar refractivity (Wildman–Crippen MR) is 55.2 cm³/mol. The molecule has 5 nitrogen and oxygen atoms in total. The molecule has 1 amide bonds. The normalized spacial score (nSPS) is 19.0. The summed E-state index contributed by atoms with van der Waals surface area (Å²) in [5, 5.41) is 1.92. The molecular formula is C10H15N3O2. The Morgan fingerprint density at radius 2 is 2.13 bits per heavy atom. The van der Waals surface area contributed by atoms with Gasteiger partial charge in [-0.2, -0.15) is 0 Å². The molecule has 0 spiro atoms. The van der Waals surface area contributed by atoms with Crippen LogP contribution in [0.3, 0.4) is 0 Å². The van der Waals surface area contributed by atoms with Gasteiger partial charge in [0.05, 0.1) is 6.26 Å². The van der Waals surface area contributed by atoms with Gasteiger partial charge in [-0.25, -0.2) is 5.01 Å². The Morgan fingerprint density at radius 3 is 2.73 bits per heavy atom. The maximum atomic E-state index is 11.6. The number of nitrogens with one attached hydrogen (secondary N) is 1. The SMILES string of the molecule is CN1CCN(NC(=O)c2ccco2)CC1. The van der Waals surface area contributed by atoms with Crippen LogP contribution in [0, 0.1) is 0 Å². The van der Waals surface area contributed by atoms with Gasteiger partial charge in [-0.1, -0.05) is 0 Å². The fourth-order valence-corrected chi connectivity index (χ4v) is 1.52. The molecule has 1 aliphatic rings. The van der Waals surface area contributed by atoms with E-state index in [9.17, 15) is 4.79 Å². The molecule has 2 rings (SSSR count). The van der Waals surface area contributed by atoms with Crippen molar-refractivity contribution in [2.75, 3.05) is 33.2 Å². The van der Waals surface area contributed by atoms with Gasteiger partial charge in [0.1, 0.15) is 0 Å². The molecule has 1 fully saturated rings. The van der Waals surface area contributed by atoms with E-state index in [-0.39, 0.29) is 5.91 Å². The van der Waals surface area contributed by atoms with Crippen LogP contribution in [0.1, 0.15) is 10.6 Å². The Hall–Kier alpha value is -1.33. The molecule has 0 aliphatic carbocycles. The Morgan fingerprint density at radius 1 is 1.40 bits per heavy atom. The smallest absolute Gasteiger partial charge is 0.301 e.